The maximum Gasteiger partial charge on any atom is 0.332 e. The van der Waals surface area contributed by atoms with Crippen LogP contribution in [0.25, 0.3) is 11.2 Å². The molecule has 1 fully saturated rings. The lowest BCUT2D eigenvalue weighted by Gasteiger charge is -2.35. The number of aliphatic hydroxyl groups is 1. The van der Waals surface area contributed by atoms with Crippen LogP contribution in [-0.4, -0.2) is 84.7 Å². The van der Waals surface area contributed by atoms with Crippen LogP contribution >= 0.6 is 11.8 Å². The van der Waals surface area contributed by atoms with Crippen LogP contribution in [0.2, 0.25) is 0 Å². The van der Waals surface area contributed by atoms with Crippen LogP contribution in [0.15, 0.2) is 51.1 Å². The molecule has 2 aromatic heterocycles. The predicted molar refractivity (Wildman–Crippen MR) is 131 cm³/mol. The fourth-order valence-electron chi connectivity index (χ4n) is 4.31. The fourth-order valence-corrected chi connectivity index (χ4v) is 5.17. The van der Waals surface area contributed by atoms with E-state index in [0.29, 0.717) is 17.7 Å². The monoisotopic (exact) mass is 472 g/mol. The number of fused-ring (bicyclic) bond motifs is 1. The maximum absolute atomic E-state index is 12.6. The molecule has 0 spiro atoms. The topological polar surface area (TPSA) is 88.5 Å². The van der Waals surface area contributed by atoms with Crippen molar-refractivity contribution >= 4 is 22.9 Å². The maximum atomic E-state index is 12.6. The number of aryl methyl sites for hydroxylation is 1. The summed E-state index contributed by atoms with van der Waals surface area (Å²) < 4.78 is 4.09. The highest BCUT2D eigenvalue weighted by atomic mass is 32.2. The number of aromatic nitrogens is 4. The van der Waals surface area contributed by atoms with Crippen molar-refractivity contribution < 1.29 is 5.11 Å². The number of piperazine rings is 1. The third kappa shape index (κ3) is 5.57. The van der Waals surface area contributed by atoms with Crippen molar-refractivity contribution in [2.24, 2.45) is 14.1 Å². The second kappa shape index (κ2) is 10.7. The van der Waals surface area contributed by atoms with Gasteiger partial charge in [-0.2, -0.15) is 0 Å². The minimum atomic E-state index is -0.627. The molecule has 1 atom stereocenters. The number of hydrogen-bond donors (Lipinski definition) is 1. The zero-order valence-corrected chi connectivity index (χ0v) is 20.1. The van der Waals surface area contributed by atoms with Crippen molar-refractivity contribution in [1.29, 1.82) is 0 Å². The fraction of sp³-hybridized carbons (Fsp3) is 0.522. The first-order valence-electron chi connectivity index (χ1n) is 11.4. The summed E-state index contributed by atoms with van der Waals surface area (Å²) in [6.45, 7) is 5.75. The summed E-state index contributed by atoms with van der Waals surface area (Å²) in [4.78, 5) is 35.0. The molecule has 1 N–H and O–H groups in total. The summed E-state index contributed by atoms with van der Waals surface area (Å²) >= 11 is 1.90. The summed E-state index contributed by atoms with van der Waals surface area (Å²) in [5.41, 5.74) is -0.113. The SMILES string of the molecule is Cn1c(=O)c2c(ncn2CC(O)CN2CCN(CCCSc3ccccc3)CC2)n(C)c1=O. The minimum absolute atomic E-state index is 0.265. The van der Waals surface area contributed by atoms with Gasteiger partial charge >= 0.3 is 5.69 Å². The zero-order valence-electron chi connectivity index (χ0n) is 19.3. The number of imidazole rings is 1. The number of nitrogens with zero attached hydrogens (tertiary/aromatic N) is 6. The molecule has 4 rings (SSSR count). The molecule has 178 valence electrons. The Morgan fingerprint density at radius 3 is 2.42 bits per heavy atom. The molecule has 0 aliphatic carbocycles. The van der Waals surface area contributed by atoms with Crippen LogP contribution in [0.5, 0.6) is 0 Å². The van der Waals surface area contributed by atoms with Crippen molar-refractivity contribution in [3.05, 3.63) is 57.5 Å². The number of β-amino-alcohol motifs (C(OH)–C–C–N with tert-alkyl or cyclic N) is 1. The molecule has 9 nitrogen and oxygen atoms in total. The van der Waals surface area contributed by atoms with Crippen LogP contribution in [0.4, 0.5) is 0 Å². The molecule has 0 saturated carbocycles. The number of hydrogen-bond acceptors (Lipinski definition) is 7. The van der Waals surface area contributed by atoms with E-state index < -0.39 is 17.4 Å². The smallest absolute Gasteiger partial charge is 0.332 e. The van der Waals surface area contributed by atoms with Gasteiger partial charge in [0.05, 0.1) is 19.0 Å². The largest absolute Gasteiger partial charge is 0.390 e. The van der Waals surface area contributed by atoms with E-state index in [1.165, 1.54) is 22.8 Å². The number of rotatable bonds is 9. The molecule has 10 heteroatoms. The van der Waals surface area contributed by atoms with Crippen LogP contribution in [-0.2, 0) is 20.6 Å². The standard InChI is InChI=1S/C23H32N6O3S/c1-25-21-20(22(31)26(2)23(25)32)29(17-24-21)16-18(30)15-28-12-10-27(11-13-28)9-6-14-33-19-7-4-3-5-8-19/h3-5,7-8,17-18,30H,6,9-16H2,1-2H3. The average molecular weight is 473 g/mol. The van der Waals surface area contributed by atoms with Gasteiger partial charge in [0.25, 0.3) is 5.56 Å². The normalized spacial score (nSPS) is 16.5. The molecule has 1 aliphatic heterocycles. The minimum Gasteiger partial charge on any atom is -0.390 e. The van der Waals surface area contributed by atoms with Gasteiger partial charge in [0.2, 0.25) is 0 Å². The van der Waals surface area contributed by atoms with Crippen molar-refractivity contribution in [1.82, 2.24) is 28.5 Å². The van der Waals surface area contributed by atoms with Gasteiger partial charge in [-0.3, -0.25) is 18.8 Å². The second-order valence-electron chi connectivity index (χ2n) is 8.59. The van der Waals surface area contributed by atoms with E-state index in [4.69, 9.17) is 0 Å². The van der Waals surface area contributed by atoms with Crippen LogP contribution < -0.4 is 11.2 Å². The van der Waals surface area contributed by atoms with E-state index in [1.807, 2.05) is 17.8 Å². The lowest BCUT2D eigenvalue weighted by Crippen LogP contribution is -2.49. The highest BCUT2D eigenvalue weighted by Gasteiger charge is 2.21. The molecule has 0 radical (unpaired) electrons. The number of benzene rings is 1. The molecule has 1 aromatic carbocycles. The Morgan fingerprint density at radius 2 is 1.70 bits per heavy atom. The molecular formula is C23H32N6O3S. The molecule has 0 bridgehead atoms. The first-order valence-corrected chi connectivity index (χ1v) is 12.3. The van der Waals surface area contributed by atoms with Gasteiger partial charge in [0.1, 0.15) is 0 Å². The van der Waals surface area contributed by atoms with E-state index in [9.17, 15) is 14.7 Å². The van der Waals surface area contributed by atoms with Gasteiger partial charge in [0, 0.05) is 51.7 Å². The number of thioether (sulfide) groups is 1. The van der Waals surface area contributed by atoms with Gasteiger partial charge in [-0.1, -0.05) is 18.2 Å². The van der Waals surface area contributed by atoms with Crippen molar-refractivity contribution in [2.45, 2.75) is 24.0 Å². The second-order valence-corrected chi connectivity index (χ2v) is 9.75. The summed E-state index contributed by atoms with van der Waals surface area (Å²) in [6.07, 6.45) is 2.06. The zero-order chi connectivity index (χ0) is 23.4. The number of aliphatic hydroxyl groups excluding tert-OH is 1. The third-order valence-electron chi connectivity index (χ3n) is 6.19. The van der Waals surface area contributed by atoms with E-state index in [1.54, 1.807) is 11.6 Å². The van der Waals surface area contributed by atoms with Crippen LogP contribution in [0, 0.1) is 0 Å². The molecule has 3 aromatic rings. The summed E-state index contributed by atoms with van der Waals surface area (Å²) in [7, 11) is 3.05. The Labute approximate surface area is 197 Å². The van der Waals surface area contributed by atoms with E-state index >= 15 is 0 Å². The highest BCUT2D eigenvalue weighted by molar-refractivity contribution is 7.99. The Balaban J connectivity index is 1.23. The van der Waals surface area contributed by atoms with Gasteiger partial charge < -0.3 is 14.6 Å². The molecular weight excluding hydrogens is 440 g/mol. The van der Waals surface area contributed by atoms with Crippen molar-refractivity contribution in [3.63, 3.8) is 0 Å². The molecule has 1 unspecified atom stereocenters. The quantitative estimate of drug-likeness (QED) is 0.360. The Bertz CT molecular complexity index is 1180. The molecule has 1 saturated heterocycles. The first-order chi connectivity index (χ1) is 15.9. The van der Waals surface area contributed by atoms with Crippen molar-refractivity contribution in [2.75, 3.05) is 45.0 Å². The van der Waals surface area contributed by atoms with Crippen LogP contribution in [0.3, 0.4) is 0 Å². The first kappa shape index (κ1) is 23.7. The van der Waals surface area contributed by atoms with Crippen LogP contribution in [0.1, 0.15) is 6.42 Å². The summed E-state index contributed by atoms with van der Waals surface area (Å²) in [5, 5.41) is 10.7. The summed E-state index contributed by atoms with van der Waals surface area (Å²) in [6, 6.07) is 10.5. The Kier molecular flexibility index (Phi) is 7.69. The van der Waals surface area contributed by atoms with Gasteiger partial charge in [-0.05, 0) is 30.9 Å². The molecule has 1 aliphatic rings. The van der Waals surface area contributed by atoms with Gasteiger partial charge in [-0.15, -0.1) is 11.8 Å². The average Bonchev–Trinajstić information content (AvgIpc) is 3.24. The van der Waals surface area contributed by atoms with E-state index in [-0.39, 0.29) is 6.54 Å². The van der Waals surface area contributed by atoms with E-state index in [2.05, 4.69) is 39.0 Å². The molecule has 3 heterocycles. The van der Waals surface area contributed by atoms with Gasteiger partial charge in [0.15, 0.2) is 11.2 Å². The Morgan fingerprint density at radius 1 is 1.00 bits per heavy atom. The third-order valence-corrected chi connectivity index (χ3v) is 7.29. The molecule has 33 heavy (non-hydrogen) atoms. The molecule has 0 amide bonds. The lowest BCUT2D eigenvalue weighted by molar-refractivity contribution is 0.0650. The predicted octanol–water partition coefficient (Wildman–Crippen LogP) is 0.595. The highest BCUT2D eigenvalue weighted by Crippen LogP contribution is 2.18. The summed E-state index contributed by atoms with van der Waals surface area (Å²) in [5.74, 6) is 1.12. The lowest BCUT2D eigenvalue weighted by atomic mass is 10.2. The van der Waals surface area contributed by atoms with Gasteiger partial charge in [-0.25, -0.2) is 9.78 Å². The van der Waals surface area contributed by atoms with Crippen molar-refractivity contribution in [3.8, 4) is 0 Å². The van der Waals surface area contributed by atoms with E-state index in [0.717, 1.165) is 49.5 Å². The Hall–Kier alpha value is -2.40.